The molecule has 0 aromatic heterocycles. The van der Waals surface area contributed by atoms with E-state index in [9.17, 15) is 33.7 Å². The van der Waals surface area contributed by atoms with Crippen molar-refractivity contribution in [1.29, 1.82) is 0 Å². The fraction of sp³-hybridized carbons (Fsp3) is 0.400. The molecule has 18 heteroatoms. The Morgan fingerprint density at radius 2 is 0.658 bits per heavy atom. The Morgan fingerprint density at radius 1 is 0.474 bits per heavy atom. The van der Waals surface area contributed by atoms with E-state index in [1.54, 1.807) is 0 Å². The van der Waals surface area contributed by atoms with Gasteiger partial charge in [-0.2, -0.15) is 33.7 Å². The SMILES string of the molecule is CCOS(=O)(=O)c1cc(Cl)cc(S(=O)(=O)OCC)c1-c1c(S(=O)(=O)OCC)cc(Cl)cc1S(=O)(=O)OCC. The topological polar surface area (TPSA) is 173 Å². The molecule has 0 amide bonds. The van der Waals surface area contributed by atoms with Gasteiger partial charge in [-0.15, -0.1) is 0 Å². The maximum Gasteiger partial charge on any atom is 0.297 e. The minimum Gasteiger partial charge on any atom is -0.267 e. The Balaban J connectivity index is 3.44. The Kier molecular flexibility index (Phi) is 10.8. The molecule has 0 radical (unpaired) electrons. The van der Waals surface area contributed by atoms with E-state index in [1.165, 1.54) is 27.7 Å². The van der Waals surface area contributed by atoms with Crippen molar-refractivity contribution < 1.29 is 50.4 Å². The van der Waals surface area contributed by atoms with Gasteiger partial charge in [0, 0.05) is 21.2 Å². The van der Waals surface area contributed by atoms with Crippen LogP contribution in [0.2, 0.25) is 10.0 Å². The van der Waals surface area contributed by atoms with Crippen LogP contribution in [-0.2, 0) is 57.2 Å². The van der Waals surface area contributed by atoms with Crippen LogP contribution >= 0.6 is 23.2 Å². The van der Waals surface area contributed by atoms with Gasteiger partial charge in [-0.3, -0.25) is 16.7 Å². The normalized spacial score (nSPS) is 13.1. The van der Waals surface area contributed by atoms with Crippen LogP contribution < -0.4 is 0 Å². The summed E-state index contributed by atoms with van der Waals surface area (Å²) in [6.45, 7) is 3.59. The molecule has 0 N–H and O–H groups in total. The quantitative estimate of drug-likeness (QED) is 0.288. The first-order valence-corrected chi connectivity index (χ1v) is 17.1. The van der Waals surface area contributed by atoms with Crippen molar-refractivity contribution in [3.8, 4) is 11.1 Å². The molecule has 0 fully saturated rings. The molecular weight excluding hydrogens is 631 g/mol. The van der Waals surface area contributed by atoms with Crippen LogP contribution in [0.5, 0.6) is 0 Å². The number of hydrogen-bond acceptors (Lipinski definition) is 12. The molecule has 0 aliphatic rings. The summed E-state index contributed by atoms with van der Waals surface area (Å²) >= 11 is 12.1. The van der Waals surface area contributed by atoms with E-state index >= 15 is 0 Å². The Labute approximate surface area is 232 Å². The smallest absolute Gasteiger partial charge is 0.267 e. The highest BCUT2D eigenvalue weighted by atomic mass is 35.5. The Bertz CT molecular complexity index is 1390. The molecule has 0 atom stereocenters. The average Bonchev–Trinajstić information content (AvgIpc) is 2.78. The van der Waals surface area contributed by atoms with Gasteiger partial charge in [0.05, 0.1) is 26.4 Å². The molecule has 0 heterocycles. The van der Waals surface area contributed by atoms with Crippen molar-refractivity contribution in [3.05, 3.63) is 34.3 Å². The minimum atomic E-state index is -4.88. The van der Waals surface area contributed by atoms with Crippen molar-refractivity contribution in [2.45, 2.75) is 47.3 Å². The molecule has 214 valence electrons. The molecule has 38 heavy (non-hydrogen) atoms. The van der Waals surface area contributed by atoms with E-state index in [0.717, 1.165) is 24.3 Å². The summed E-state index contributed by atoms with van der Waals surface area (Å²) in [6.07, 6.45) is 0. The molecule has 0 saturated heterocycles. The van der Waals surface area contributed by atoms with E-state index in [0.29, 0.717) is 0 Å². The van der Waals surface area contributed by atoms with E-state index in [1.807, 2.05) is 0 Å². The van der Waals surface area contributed by atoms with Gasteiger partial charge in [0.2, 0.25) is 0 Å². The second kappa shape index (κ2) is 12.4. The second-order valence-corrected chi connectivity index (χ2v) is 14.2. The number of halogens is 2. The van der Waals surface area contributed by atoms with Crippen molar-refractivity contribution in [2.24, 2.45) is 0 Å². The van der Waals surface area contributed by atoms with Crippen molar-refractivity contribution in [1.82, 2.24) is 0 Å². The average molecular weight is 656 g/mol. The highest BCUT2D eigenvalue weighted by Crippen LogP contribution is 2.45. The molecule has 2 aromatic rings. The molecule has 12 nitrogen and oxygen atoms in total. The lowest BCUT2D eigenvalue weighted by atomic mass is 10.1. The Morgan fingerprint density at radius 3 is 0.816 bits per heavy atom. The molecule has 0 aliphatic heterocycles. The molecule has 0 unspecified atom stereocenters. The van der Waals surface area contributed by atoms with Gasteiger partial charge < -0.3 is 0 Å². The monoisotopic (exact) mass is 654 g/mol. The first kappa shape index (κ1) is 32.9. The van der Waals surface area contributed by atoms with E-state index in [-0.39, 0.29) is 0 Å². The van der Waals surface area contributed by atoms with Crippen molar-refractivity contribution in [2.75, 3.05) is 26.4 Å². The van der Waals surface area contributed by atoms with Gasteiger partial charge in [-0.05, 0) is 52.0 Å². The Hall–Kier alpha value is -1.34. The third-order valence-corrected chi connectivity index (χ3v) is 10.5. The van der Waals surface area contributed by atoms with Crippen LogP contribution in [0, 0.1) is 0 Å². The summed E-state index contributed by atoms with van der Waals surface area (Å²) in [5.41, 5.74) is -1.85. The highest BCUT2D eigenvalue weighted by Gasteiger charge is 2.37. The number of rotatable bonds is 13. The molecule has 0 aliphatic carbocycles. The minimum absolute atomic E-state index is 0.420. The van der Waals surface area contributed by atoms with Crippen LogP contribution in [0.1, 0.15) is 27.7 Å². The van der Waals surface area contributed by atoms with Gasteiger partial charge in [0.15, 0.2) is 0 Å². The zero-order chi connectivity index (χ0) is 29.1. The zero-order valence-electron chi connectivity index (χ0n) is 20.4. The summed E-state index contributed by atoms with van der Waals surface area (Å²) in [5.74, 6) is 0. The standard InChI is InChI=1S/C20H24Cl2O12S4/c1-5-31-35(23,24)15-9-13(21)10-16(36(25,26)32-6-2)19(15)20-17(37(27,28)33-7-3)11-14(22)12-18(20)38(29,30)34-8-4/h9-12H,5-8H2,1-4H3. The van der Waals surface area contributed by atoms with Gasteiger partial charge in [-0.25, -0.2) is 0 Å². The van der Waals surface area contributed by atoms with Gasteiger partial charge in [-0.1, -0.05) is 23.2 Å². The molecule has 2 aromatic carbocycles. The summed E-state index contributed by atoms with van der Waals surface area (Å²) < 4.78 is 124. The van der Waals surface area contributed by atoms with E-state index < -0.39 is 108 Å². The van der Waals surface area contributed by atoms with Gasteiger partial charge in [0.25, 0.3) is 40.5 Å². The molecule has 0 saturated carbocycles. The van der Waals surface area contributed by atoms with E-state index in [4.69, 9.17) is 39.9 Å². The first-order chi connectivity index (χ1) is 17.5. The summed E-state index contributed by atoms with van der Waals surface area (Å²) in [5, 5.41) is -0.856. The maximum atomic E-state index is 13.2. The predicted molar refractivity (Wildman–Crippen MR) is 137 cm³/mol. The lowest BCUT2D eigenvalue weighted by Crippen LogP contribution is -2.18. The largest absolute Gasteiger partial charge is 0.297 e. The lowest BCUT2D eigenvalue weighted by Gasteiger charge is -2.21. The third kappa shape index (κ3) is 7.04. The van der Waals surface area contributed by atoms with Crippen LogP contribution in [0.4, 0.5) is 0 Å². The van der Waals surface area contributed by atoms with Gasteiger partial charge in [0.1, 0.15) is 19.6 Å². The third-order valence-electron chi connectivity index (χ3n) is 4.48. The van der Waals surface area contributed by atoms with Crippen LogP contribution in [-0.4, -0.2) is 60.1 Å². The summed E-state index contributed by atoms with van der Waals surface area (Å²) in [6, 6.07) is 3.09. The number of hydrogen-bond donors (Lipinski definition) is 0. The molecule has 0 spiro atoms. The fourth-order valence-corrected chi connectivity index (χ4v) is 8.78. The lowest BCUT2D eigenvalue weighted by molar-refractivity contribution is 0.333. The molecular formula is C20H24Cl2O12S4. The van der Waals surface area contributed by atoms with Crippen LogP contribution in [0.25, 0.3) is 11.1 Å². The fourth-order valence-electron chi connectivity index (χ4n) is 3.27. The molecule has 2 rings (SSSR count). The summed E-state index contributed by atoms with van der Waals surface area (Å²) in [4.78, 5) is -3.86. The maximum absolute atomic E-state index is 13.2. The predicted octanol–water partition coefficient (Wildman–Crippen LogP) is 3.56. The van der Waals surface area contributed by atoms with Crippen LogP contribution in [0.3, 0.4) is 0 Å². The van der Waals surface area contributed by atoms with Crippen molar-refractivity contribution >= 4 is 63.7 Å². The van der Waals surface area contributed by atoms with Crippen LogP contribution in [0.15, 0.2) is 43.8 Å². The van der Waals surface area contributed by atoms with Gasteiger partial charge >= 0.3 is 0 Å². The van der Waals surface area contributed by atoms with E-state index in [2.05, 4.69) is 0 Å². The molecule has 0 bridgehead atoms. The first-order valence-electron chi connectivity index (χ1n) is 10.7. The zero-order valence-corrected chi connectivity index (χ0v) is 25.2. The van der Waals surface area contributed by atoms with Crippen molar-refractivity contribution in [3.63, 3.8) is 0 Å². The summed E-state index contributed by atoms with van der Waals surface area (Å²) in [7, 11) is -19.5. The second-order valence-electron chi connectivity index (χ2n) is 7.00. The number of benzene rings is 2. The highest BCUT2D eigenvalue weighted by molar-refractivity contribution is 7.88.